The number of aliphatic hydroxyl groups excluding tert-OH is 1. The molecule has 0 aromatic carbocycles. The molecule has 3 atom stereocenters. The first kappa shape index (κ1) is 17.9. The summed E-state index contributed by atoms with van der Waals surface area (Å²) in [5.74, 6) is 0.0990. The van der Waals surface area contributed by atoms with E-state index < -0.39 is 6.10 Å². The third-order valence-corrected chi connectivity index (χ3v) is 4.58. The molecule has 0 unspecified atom stereocenters. The maximum Gasteiger partial charge on any atom is 0.226 e. The molecule has 1 aliphatic rings. The highest BCUT2D eigenvalue weighted by atomic mass is 16.5. The number of hydrogen-bond acceptors (Lipinski definition) is 4. The van der Waals surface area contributed by atoms with Crippen molar-refractivity contribution in [2.45, 2.75) is 57.8 Å². The minimum absolute atomic E-state index is 0.0658. The van der Waals surface area contributed by atoms with E-state index in [1.807, 2.05) is 23.1 Å². The maximum atomic E-state index is 12.9. The zero-order chi connectivity index (χ0) is 16.7. The van der Waals surface area contributed by atoms with Gasteiger partial charge in [-0.25, -0.2) is 0 Å². The fraction of sp³-hybridized carbons (Fsp3) is 0.667. The van der Waals surface area contributed by atoms with E-state index in [1.54, 1.807) is 13.3 Å². The van der Waals surface area contributed by atoms with Crippen molar-refractivity contribution in [2.24, 2.45) is 5.92 Å². The number of carbonyl (C=O) groups excluding carboxylic acids is 1. The van der Waals surface area contributed by atoms with Crippen molar-refractivity contribution >= 4 is 5.91 Å². The molecular weight excluding hydrogens is 292 g/mol. The zero-order valence-corrected chi connectivity index (χ0v) is 14.1. The van der Waals surface area contributed by atoms with Gasteiger partial charge in [0, 0.05) is 25.8 Å². The van der Waals surface area contributed by atoms with E-state index >= 15 is 0 Å². The first-order valence-corrected chi connectivity index (χ1v) is 8.55. The molecule has 1 fully saturated rings. The number of pyridine rings is 1. The van der Waals surface area contributed by atoms with Gasteiger partial charge < -0.3 is 14.7 Å². The number of rotatable bonds is 7. The van der Waals surface area contributed by atoms with Crippen molar-refractivity contribution in [3.05, 3.63) is 30.1 Å². The number of nitrogens with zero attached hydrogens (tertiary/aromatic N) is 2. The fourth-order valence-electron chi connectivity index (χ4n) is 3.15. The van der Waals surface area contributed by atoms with Gasteiger partial charge in [0.15, 0.2) is 0 Å². The highest BCUT2D eigenvalue weighted by molar-refractivity contribution is 5.79. The number of carbonyl (C=O) groups is 1. The number of amides is 1. The van der Waals surface area contributed by atoms with Gasteiger partial charge in [0.1, 0.15) is 0 Å². The second-order valence-electron chi connectivity index (χ2n) is 6.29. The Kier molecular flexibility index (Phi) is 6.99. The van der Waals surface area contributed by atoms with Gasteiger partial charge >= 0.3 is 0 Å². The predicted octanol–water partition coefficient (Wildman–Crippen LogP) is 2.39. The van der Waals surface area contributed by atoms with E-state index in [4.69, 9.17) is 4.74 Å². The monoisotopic (exact) mass is 320 g/mol. The van der Waals surface area contributed by atoms with Crippen LogP contribution < -0.4 is 0 Å². The van der Waals surface area contributed by atoms with Gasteiger partial charge in [-0.3, -0.25) is 9.78 Å². The minimum Gasteiger partial charge on any atom is -0.390 e. The standard InChI is InChI=1S/C18H28N2O3/c1-3-4-11-20(13-15-7-5-6-10-19-15)18(22)14-8-9-16(21)17(12-14)23-2/h5-7,10,14,16-17,21H,3-4,8-9,11-13H2,1-2H3/t14-,16+,17-/m1/s1. The molecular formula is C18H28N2O3. The summed E-state index contributed by atoms with van der Waals surface area (Å²) >= 11 is 0. The molecule has 1 aromatic heterocycles. The SMILES string of the molecule is CCCCN(Cc1ccccn1)C(=O)[C@@H]1CC[C@H](O)[C@H](OC)C1. The Morgan fingerprint density at radius 3 is 2.91 bits per heavy atom. The van der Waals surface area contributed by atoms with Crippen LogP contribution in [-0.2, 0) is 16.1 Å². The van der Waals surface area contributed by atoms with E-state index in [-0.39, 0.29) is 17.9 Å². The van der Waals surface area contributed by atoms with Gasteiger partial charge in [-0.05, 0) is 37.8 Å². The molecule has 1 amide bonds. The molecule has 1 heterocycles. The smallest absolute Gasteiger partial charge is 0.226 e. The van der Waals surface area contributed by atoms with Crippen LogP contribution in [0.4, 0.5) is 0 Å². The van der Waals surface area contributed by atoms with Crippen molar-refractivity contribution in [1.29, 1.82) is 0 Å². The lowest BCUT2D eigenvalue weighted by Gasteiger charge is -2.34. The zero-order valence-electron chi connectivity index (χ0n) is 14.1. The van der Waals surface area contributed by atoms with Crippen molar-refractivity contribution in [3.8, 4) is 0 Å². The van der Waals surface area contributed by atoms with E-state index in [9.17, 15) is 9.90 Å². The number of ether oxygens (including phenoxy) is 1. The molecule has 128 valence electrons. The molecule has 0 radical (unpaired) electrons. The van der Waals surface area contributed by atoms with Gasteiger partial charge in [0.25, 0.3) is 0 Å². The van der Waals surface area contributed by atoms with Crippen molar-refractivity contribution in [3.63, 3.8) is 0 Å². The Hall–Kier alpha value is -1.46. The quantitative estimate of drug-likeness (QED) is 0.838. The molecule has 1 N–H and O–H groups in total. The molecule has 5 nitrogen and oxygen atoms in total. The van der Waals surface area contributed by atoms with Crippen LogP contribution in [-0.4, -0.2) is 46.8 Å². The Balaban J connectivity index is 2.03. The highest BCUT2D eigenvalue weighted by Crippen LogP contribution is 2.28. The van der Waals surface area contributed by atoms with E-state index in [2.05, 4.69) is 11.9 Å². The van der Waals surface area contributed by atoms with Gasteiger partial charge in [0.2, 0.25) is 5.91 Å². The molecule has 1 aliphatic carbocycles. The molecule has 2 rings (SSSR count). The summed E-state index contributed by atoms with van der Waals surface area (Å²) in [6, 6.07) is 5.78. The van der Waals surface area contributed by atoms with Crippen LogP contribution in [0.5, 0.6) is 0 Å². The summed E-state index contributed by atoms with van der Waals surface area (Å²) in [6.45, 7) is 3.43. The topological polar surface area (TPSA) is 62.7 Å². The predicted molar refractivity (Wildman–Crippen MR) is 88.7 cm³/mol. The summed E-state index contributed by atoms with van der Waals surface area (Å²) in [5.41, 5.74) is 0.913. The Morgan fingerprint density at radius 1 is 1.43 bits per heavy atom. The molecule has 23 heavy (non-hydrogen) atoms. The maximum absolute atomic E-state index is 12.9. The van der Waals surface area contributed by atoms with Crippen molar-refractivity contribution in [2.75, 3.05) is 13.7 Å². The van der Waals surface area contributed by atoms with Crippen LogP contribution in [0, 0.1) is 5.92 Å². The number of hydrogen-bond donors (Lipinski definition) is 1. The minimum atomic E-state index is -0.455. The Morgan fingerprint density at radius 2 is 2.26 bits per heavy atom. The lowest BCUT2D eigenvalue weighted by molar-refractivity contribution is -0.141. The molecule has 0 spiro atoms. The molecule has 0 saturated heterocycles. The van der Waals surface area contributed by atoms with Crippen LogP contribution in [0.3, 0.4) is 0 Å². The number of methoxy groups -OCH3 is 1. The van der Waals surface area contributed by atoms with Crippen LogP contribution in [0.2, 0.25) is 0 Å². The summed E-state index contributed by atoms with van der Waals surface area (Å²) in [5, 5.41) is 9.92. The van der Waals surface area contributed by atoms with Crippen LogP contribution >= 0.6 is 0 Å². The van der Waals surface area contributed by atoms with E-state index in [0.717, 1.165) is 31.5 Å². The molecule has 1 saturated carbocycles. The Labute approximate surface area is 138 Å². The lowest BCUT2D eigenvalue weighted by atomic mass is 9.84. The molecule has 5 heteroatoms. The van der Waals surface area contributed by atoms with Crippen LogP contribution in [0.15, 0.2) is 24.4 Å². The van der Waals surface area contributed by atoms with Gasteiger partial charge in [-0.2, -0.15) is 0 Å². The number of aliphatic hydroxyl groups is 1. The first-order chi connectivity index (χ1) is 11.2. The van der Waals surface area contributed by atoms with Crippen LogP contribution in [0.1, 0.15) is 44.7 Å². The molecule has 0 bridgehead atoms. The summed E-state index contributed by atoms with van der Waals surface area (Å²) in [4.78, 5) is 19.2. The summed E-state index contributed by atoms with van der Waals surface area (Å²) in [6.07, 6.45) is 5.06. The number of unbranched alkanes of at least 4 members (excludes halogenated alkanes) is 1. The normalized spacial score (nSPS) is 24.4. The largest absolute Gasteiger partial charge is 0.390 e. The van der Waals surface area contributed by atoms with Crippen molar-refractivity contribution < 1.29 is 14.6 Å². The van der Waals surface area contributed by atoms with Gasteiger partial charge in [-0.1, -0.05) is 19.4 Å². The highest BCUT2D eigenvalue weighted by Gasteiger charge is 2.34. The average Bonchev–Trinajstić information content (AvgIpc) is 2.59. The fourth-order valence-corrected chi connectivity index (χ4v) is 3.15. The average molecular weight is 320 g/mol. The van der Waals surface area contributed by atoms with E-state index in [1.165, 1.54) is 0 Å². The van der Waals surface area contributed by atoms with Gasteiger partial charge in [0.05, 0.1) is 24.4 Å². The summed E-state index contributed by atoms with van der Waals surface area (Å²) in [7, 11) is 1.60. The molecule has 1 aromatic rings. The molecule has 0 aliphatic heterocycles. The second kappa shape index (κ2) is 8.99. The third-order valence-electron chi connectivity index (χ3n) is 4.58. The van der Waals surface area contributed by atoms with E-state index in [0.29, 0.717) is 19.4 Å². The second-order valence-corrected chi connectivity index (χ2v) is 6.29. The third kappa shape index (κ3) is 5.01. The van der Waals surface area contributed by atoms with Crippen LogP contribution in [0.25, 0.3) is 0 Å². The van der Waals surface area contributed by atoms with Crippen molar-refractivity contribution in [1.82, 2.24) is 9.88 Å². The Bertz CT molecular complexity index is 480. The lowest BCUT2D eigenvalue weighted by Crippen LogP contribution is -2.43. The first-order valence-electron chi connectivity index (χ1n) is 8.55. The van der Waals surface area contributed by atoms with Gasteiger partial charge in [-0.15, -0.1) is 0 Å². The summed E-state index contributed by atoms with van der Waals surface area (Å²) < 4.78 is 5.33. The number of aromatic nitrogens is 1.